The van der Waals surface area contributed by atoms with E-state index in [0.29, 0.717) is 6.54 Å². The maximum absolute atomic E-state index is 5.89. The first-order valence-corrected chi connectivity index (χ1v) is 7.10. The Hall–Kier alpha value is -2.39. The lowest BCUT2D eigenvalue weighted by Crippen LogP contribution is -1.97. The summed E-state index contributed by atoms with van der Waals surface area (Å²) in [6, 6.07) is 16.6. The molecule has 0 aliphatic rings. The first-order valence-electron chi connectivity index (χ1n) is 7.10. The van der Waals surface area contributed by atoms with Gasteiger partial charge in [-0.3, -0.25) is 0 Å². The maximum atomic E-state index is 5.89. The highest BCUT2D eigenvalue weighted by atomic mass is 15.3. The molecular formula is C18H19N3. The van der Waals surface area contributed by atoms with Crippen molar-refractivity contribution >= 4 is 0 Å². The first kappa shape index (κ1) is 13.6. The lowest BCUT2D eigenvalue weighted by atomic mass is 10.1. The van der Waals surface area contributed by atoms with Crippen LogP contribution in [0.3, 0.4) is 0 Å². The Kier molecular flexibility index (Phi) is 3.59. The number of nitrogens with zero attached hydrogens (tertiary/aromatic N) is 2. The van der Waals surface area contributed by atoms with E-state index in [4.69, 9.17) is 10.8 Å². The molecule has 1 aromatic heterocycles. The Morgan fingerprint density at radius 1 is 1.00 bits per heavy atom. The molecule has 1 heterocycles. The maximum Gasteiger partial charge on any atom is 0.0972 e. The Morgan fingerprint density at radius 2 is 1.71 bits per heavy atom. The molecule has 0 aliphatic heterocycles. The third-order valence-corrected chi connectivity index (χ3v) is 3.70. The van der Waals surface area contributed by atoms with Gasteiger partial charge in [0.2, 0.25) is 0 Å². The van der Waals surface area contributed by atoms with Gasteiger partial charge in [-0.2, -0.15) is 5.10 Å². The number of aryl methyl sites for hydroxylation is 2. The van der Waals surface area contributed by atoms with E-state index < -0.39 is 0 Å². The third-order valence-electron chi connectivity index (χ3n) is 3.70. The Balaban J connectivity index is 2.11. The van der Waals surface area contributed by atoms with E-state index in [1.165, 1.54) is 11.1 Å². The van der Waals surface area contributed by atoms with Gasteiger partial charge in [0.15, 0.2) is 0 Å². The van der Waals surface area contributed by atoms with Crippen molar-refractivity contribution in [1.82, 2.24) is 9.78 Å². The highest BCUT2D eigenvalue weighted by Crippen LogP contribution is 2.24. The van der Waals surface area contributed by atoms with Gasteiger partial charge >= 0.3 is 0 Å². The predicted octanol–water partition coefficient (Wildman–Crippen LogP) is 3.61. The van der Waals surface area contributed by atoms with Gasteiger partial charge in [0.05, 0.1) is 11.4 Å². The summed E-state index contributed by atoms with van der Waals surface area (Å²) in [6.45, 7) is 4.65. The van der Waals surface area contributed by atoms with E-state index in [9.17, 15) is 0 Å². The molecule has 0 amide bonds. The van der Waals surface area contributed by atoms with Crippen LogP contribution in [0.2, 0.25) is 0 Å². The topological polar surface area (TPSA) is 43.8 Å². The Labute approximate surface area is 125 Å². The van der Waals surface area contributed by atoms with Crippen molar-refractivity contribution in [3.8, 4) is 16.9 Å². The minimum Gasteiger partial charge on any atom is -0.326 e. The minimum atomic E-state index is 0.481. The average molecular weight is 277 g/mol. The number of hydrogen-bond acceptors (Lipinski definition) is 2. The average Bonchev–Trinajstić information content (AvgIpc) is 2.92. The van der Waals surface area contributed by atoms with Crippen molar-refractivity contribution in [3.63, 3.8) is 0 Å². The molecule has 21 heavy (non-hydrogen) atoms. The van der Waals surface area contributed by atoms with Crippen LogP contribution < -0.4 is 5.73 Å². The van der Waals surface area contributed by atoms with Crippen molar-refractivity contribution in [2.45, 2.75) is 20.4 Å². The Bertz CT molecular complexity index is 754. The highest BCUT2D eigenvalue weighted by molar-refractivity contribution is 5.63. The molecule has 3 nitrogen and oxygen atoms in total. The lowest BCUT2D eigenvalue weighted by molar-refractivity contribution is 0.875. The summed E-state index contributed by atoms with van der Waals surface area (Å²) < 4.78 is 1.92. The predicted molar refractivity (Wildman–Crippen MR) is 86.4 cm³/mol. The SMILES string of the molecule is Cc1ccc(-c2nn(-c3ccccc3C)cc2CN)cc1. The van der Waals surface area contributed by atoms with E-state index in [-0.39, 0.29) is 0 Å². The monoisotopic (exact) mass is 277 g/mol. The fourth-order valence-electron chi connectivity index (χ4n) is 2.46. The van der Waals surface area contributed by atoms with Gasteiger partial charge in [-0.15, -0.1) is 0 Å². The lowest BCUT2D eigenvalue weighted by Gasteiger charge is -2.04. The summed E-state index contributed by atoms with van der Waals surface area (Å²) in [6.07, 6.45) is 2.03. The van der Waals surface area contributed by atoms with Crippen LogP contribution in [0.1, 0.15) is 16.7 Å². The van der Waals surface area contributed by atoms with Gasteiger partial charge in [0.1, 0.15) is 0 Å². The van der Waals surface area contributed by atoms with E-state index >= 15 is 0 Å². The van der Waals surface area contributed by atoms with Gasteiger partial charge in [-0.25, -0.2) is 4.68 Å². The second-order valence-electron chi connectivity index (χ2n) is 5.30. The number of para-hydroxylation sites is 1. The van der Waals surface area contributed by atoms with Crippen molar-refractivity contribution < 1.29 is 0 Å². The fourth-order valence-corrected chi connectivity index (χ4v) is 2.46. The highest BCUT2D eigenvalue weighted by Gasteiger charge is 2.11. The van der Waals surface area contributed by atoms with Crippen molar-refractivity contribution in [2.75, 3.05) is 0 Å². The number of aromatic nitrogens is 2. The standard InChI is InChI=1S/C18H19N3/c1-13-7-9-15(10-8-13)18-16(11-19)12-21(20-18)17-6-4-3-5-14(17)2/h3-10,12H,11,19H2,1-2H3. The van der Waals surface area contributed by atoms with Crippen LogP contribution in [0.4, 0.5) is 0 Å². The van der Waals surface area contributed by atoms with Gasteiger partial charge < -0.3 is 5.73 Å². The molecule has 0 saturated carbocycles. The third kappa shape index (κ3) is 2.60. The summed E-state index contributed by atoms with van der Waals surface area (Å²) in [7, 11) is 0. The number of nitrogens with two attached hydrogens (primary N) is 1. The second kappa shape index (κ2) is 5.54. The molecule has 106 valence electrons. The molecule has 2 N–H and O–H groups in total. The Morgan fingerprint density at radius 3 is 2.38 bits per heavy atom. The zero-order valence-corrected chi connectivity index (χ0v) is 12.4. The van der Waals surface area contributed by atoms with Gasteiger partial charge in [0, 0.05) is 23.9 Å². The van der Waals surface area contributed by atoms with E-state index in [0.717, 1.165) is 22.5 Å². The minimum absolute atomic E-state index is 0.481. The normalized spacial score (nSPS) is 10.8. The summed E-state index contributed by atoms with van der Waals surface area (Å²) >= 11 is 0. The molecule has 0 bridgehead atoms. The van der Waals surface area contributed by atoms with Crippen LogP contribution in [-0.4, -0.2) is 9.78 Å². The van der Waals surface area contributed by atoms with E-state index in [2.05, 4.69) is 50.2 Å². The quantitative estimate of drug-likeness (QED) is 0.794. The van der Waals surface area contributed by atoms with Crippen molar-refractivity contribution in [3.05, 3.63) is 71.4 Å². The van der Waals surface area contributed by atoms with E-state index in [1.54, 1.807) is 0 Å². The fraction of sp³-hybridized carbons (Fsp3) is 0.167. The number of benzene rings is 2. The molecule has 0 fully saturated rings. The summed E-state index contributed by atoms with van der Waals surface area (Å²) in [5.41, 5.74) is 12.5. The largest absolute Gasteiger partial charge is 0.326 e. The molecule has 2 aromatic carbocycles. The van der Waals surface area contributed by atoms with Crippen LogP contribution in [-0.2, 0) is 6.54 Å². The molecule has 3 aromatic rings. The number of hydrogen-bond donors (Lipinski definition) is 1. The first-order chi connectivity index (χ1) is 10.2. The molecule has 3 rings (SSSR count). The molecule has 0 atom stereocenters. The molecular weight excluding hydrogens is 258 g/mol. The summed E-state index contributed by atoms with van der Waals surface area (Å²) in [4.78, 5) is 0. The van der Waals surface area contributed by atoms with Gasteiger partial charge in [-0.1, -0.05) is 48.0 Å². The molecule has 0 radical (unpaired) electrons. The summed E-state index contributed by atoms with van der Waals surface area (Å²) in [5.74, 6) is 0. The smallest absolute Gasteiger partial charge is 0.0972 e. The molecule has 3 heteroatoms. The second-order valence-corrected chi connectivity index (χ2v) is 5.30. The van der Waals surface area contributed by atoms with Crippen LogP contribution in [0, 0.1) is 13.8 Å². The van der Waals surface area contributed by atoms with Crippen LogP contribution >= 0.6 is 0 Å². The van der Waals surface area contributed by atoms with Crippen LogP contribution in [0.5, 0.6) is 0 Å². The van der Waals surface area contributed by atoms with Gasteiger partial charge in [0.25, 0.3) is 0 Å². The van der Waals surface area contributed by atoms with Crippen molar-refractivity contribution in [2.24, 2.45) is 5.73 Å². The van der Waals surface area contributed by atoms with E-state index in [1.807, 2.05) is 23.0 Å². The summed E-state index contributed by atoms with van der Waals surface area (Å²) in [5, 5.41) is 4.75. The molecule has 0 aliphatic carbocycles. The zero-order valence-electron chi connectivity index (χ0n) is 12.4. The van der Waals surface area contributed by atoms with Crippen LogP contribution in [0.15, 0.2) is 54.7 Å². The molecule has 0 spiro atoms. The molecule has 0 unspecified atom stereocenters. The molecule has 0 saturated heterocycles. The van der Waals surface area contributed by atoms with Gasteiger partial charge in [-0.05, 0) is 25.5 Å². The van der Waals surface area contributed by atoms with Crippen molar-refractivity contribution in [1.29, 1.82) is 0 Å². The van der Waals surface area contributed by atoms with Crippen LogP contribution in [0.25, 0.3) is 16.9 Å². The zero-order chi connectivity index (χ0) is 14.8. The number of rotatable bonds is 3.